The van der Waals surface area contributed by atoms with Crippen LogP contribution in [0.2, 0.25) is 0 Å². The van der Waals surface area contributed by atoms with Gasteiger partial charge in [-0.1, -0.05) is 51.9 Å². The minimum absolute atomic E-state index is 0.401. The molecule has 1 rings (SSSR count). The summed E-state index contributed by atoms with van der Waals surface area (Å²) in [5.41, 5.74) is 0. The van der Waals surface area contributed by atoms with Crippen molar-refractivity contribution in [3.05, 3.63) is 0 Å². The highest BCUT2D eigenvalue weighted by Gasteiger charge is 2.15. The average Bonchev–Trinajstić information content (AvgIpc) is 2.42. The van der Waals surface area contributed by atoms with Gasteiger partial charge in [-0.15, -0.1) is 0 Å². The molecule has 0 amide bonds. The van der Waals surface area contributed by atoms with E-state index in [9.17, 15) is 8.42 Å². The van der Waals surface area contributed by atoms with Crippen LogP contribution in [0, 0.1) is 11.8 Å². The van der Waals surface area contributed by atoms with Gasteiger partial charge in [-0.3, -0.25) is 4.55 Å². The van der Waals surface area contributed by atoms with Crippen molar-refractivity contribution in [2.24, 2.45) is 11.8 Å². The highest BCUT2D eigenvalue weighted by Crippen LogP contribution is 2.29. The number of rotatable bonds is 10. The van der Waals surface area contributed by atoms with E-state index < -0.39 is 9.15 Å². The molecule has 120 valence electrons. The Labute approximate surface area is 127 Å². The first-order chi connectivity index (χ1) is 9.51. The lowest BCUT2D eigenvalue weighted by Crippen LogP contribution is -2.25. The predicted octanol–water partition coefficient (Wildman–Crippen LogP) is 3.50. The standard InChI is InChI=1S/C14H29NO3S2/c1-2-13(8-9-14-6-4-3-5-7-14)12-15-10-11-19-20(16,17)18/h13-15H,2-12H2,1H3,(H,16,17,18). The summed E-state index contributed by atoms with van der Waals surface area (Å²) in [5, 5.41) is 3.30. The Morgan fingerprint density at radius 2 is 2.00 bits per heavy atom. The summed E-state index contributed by atoms with van der Waals surface area (Å²) >= 11 is 0. The number of hydrogen-bond donors (Lipinski definition) is 2. The molecule has 6 heteroatoms. The van der Waals surface area contributed by atoms with Crippen molar-refractivity contribution >= 4 is 19.9 Å². The lowest BCUT2D eigenvalue weighted by Gasteiger charge is -2.24. The van der Waals surface area contributed by atoms with Crippen LogP contribution in [0.25, 0.3) is 0 Å². The second-order valence-electron chi connectivity index (χ2n) is 5.81. The van der Waals surface area contributed by atoms with Crippen LogP contribution < -0.4 is 5.32 Å². The quantitative estimate of drug-likeness (QED) is 0.366. The van der Waals surface area contributed by atoms with E-state index in [4.69, 9.17) is 4.55 Å². The van der Waals surface area contributed by atoms with Crippen LogP contribution in [-0.4, -0.2) is 31.8 Å². The van der Waals surface area contributed by atoms with Crippen molar-refractivity contribution in [1.29, 1.82) is 0 Å². The summed E-state index contributed by atoms with van der Waals surface area (Å²) in [6.45, 7) is 3.81. The van der Waals surface area contributed by atoms with Crippen LogP contribution in [0.5, 0.6) is 0 Å². The SMILES string of the molecule is CCC(CCC1CCCCC1)CNCCSS(=O)(=O)O. The Balaban J connectivity index is 2.06. The van der Waals surface area contributed by atoms with Gasteiger partial charge in [-0.25, -0.2) is 0 Å². The van der Waals surface area contributed by atoms with Crippen molar-refractivity contribution in [2.45, 2.75) is 58.3 Å². The van der Waals surface area contributed by atoms with Gasteiger partial charge in [0, 0.05) is 12.3 Å². The third kappa shape index (κ3) is 9.21. The predicted molar refractivity (Wildman–Crippen MR) is 86.5 cm³/mol. The second kappa shape index (κ2) is 10.0. The summed E-state index contributed by atoms with van der Waals surface area (Å²) in [6.07, 6.45) is 10.9. The van der Waals surface area contributed by atoms with E-state index in [0.29, 0.717) is 29.0 Å². The molecule has 0 aromatic carbocycles. The minimum Gasteiger partial charge on any atom is -0.316 e. The fourth-order valence-corrected chi connectivity index (χ4v) is 4.24. The van der Waals surface area contributed by atoms with E-state index in [1.165, 1.54) is 51.4 Å². The highest BCUT2D eigenvalue weighted by molar-refractivity contribution is 8.69. The van der Waals surface area contributed by atoms with Crippen LogP contribution in [0.1, 0.15) is 58.3 Å². The first kappa shape index (κ1) is 18.3. The lowest BCUT2D eigenvalue weighted by molar-refractivity contribution is 0.301. The Hall–Kier alpha value is 0.220. The molecule has 0 aliphatic heterocycles. The van der Waals surface area contributed by atoms with Crippen LogP contribution in [0.15, 0.2) is 0 Å². The molecule has 1 aliphatic rings. The molecule has 4 nitrogen and oxygen atoms in total. The highest BCUT2D eigenvalue weighted by atomic mass is 33.1. The van der Waals surface area contributed by atoms with Gasteiger partial charge in [0.15, 0.2) is 0 Å². The first-order valence-electron chi connectivity index (χ1n) is 7.83. The number of hydrogen-bond acceptors (Lipinski definition) is 4. The van der Waals surface area contributed by atoms with Crippen LogP contribution in [0.3, 0.4) is 0 Å². The summed E-state index contributed by atoms with van der Waals surface area (Å²) in [5.74, 6) is 2.03. The van der Waals surface area contributed by atoms with E-state index in [1.807, 2.05) is 0 Å². The first-order valence-corrected chi connectivity index (χ1v) is 10.8. The van der Waals surface area contributed by atoms with Crippen molar-refractivity contribution in [3.8, 4) is 0 Å². The van der Waals surface area contributed by atoms with Crippen molar-refractivity contribution < 1.29 is 13.0 Å². The topological polar surface area (TPSA) is 66.4 Å². The summed E-state index contributed by atoms with van der Waals surface area (Å²) in [7, 11) is -3.28. The fraction of sp³-hybridized carbons (Fsp3) is 1.00. The maximum Gasteiger partial charge on any atom is 0.319 e. The smallest absolute Gasteiger partial charge is 0.316 e. The van der Waals surface area contributed by atoms with Crippen molar-refractivity contribution in [2.75, 3.05) is 18.8 Å². The molecule has 1 aliphatic carbocycles. The van der Waals surface area contributed by atoms with Crippen LogP contribution >= 0.6 is 10.8 Å². The van der Waals surface area contributed by atoms with Gasteiger partial charge >= 0.3 is 9.15 Å². The lowest BCUT2D eigenvalue weighted by atomic mass is 9.84. The minimum atomic E-state index is -3.88. The van der Waals surface area contributed by atoms with E-state index in [1.54, 1.807) is 0 Å². The molecule has 0 radical (unpaired) electrons. The molecule has 20 heavy (non-hydrogen) atoms. The Bertz CT molecular complexity index is 340. The van der Waals surface area contributed by atoms with Gasteiger partial charge in [0.05, 0.1) is 0 Å². The molecular weight excluding hydrogens is 294 g/mol. The maximum absolute atomic E-state index is 10.6. The zero-order chi connectivity index (χ0) is 14.8. The molecule has 1 unspecified atom stereocenters. The maximum atomic E-state index is 10.6. The van der Waals surface area contributed by atoms with Gasteiger partial charge in [0.25, 0.3) is 0 Å². The molecule has 0 spiro atoms. The third-order valence-corrected chi connectivity index (χ3v) is 6.29. The molecule has 2 N–H and O–H groups in total. The van der Waals surface area contributed by atoms with Gasteiger partial charge in [-0.2, -0.15) is 8.42 Å². The van der Waals surface area contributed by atoms with E-state index in [-0.39, 0.29) is 0 Å². The Morgan fingerprint density at radius 1 is 1.30 bits per heavy atom. The van der Waals surface area contributed by atoms with Gasteiger partial charge in [0.1, 0.15) is 0 Å². The van der Waals surface area contributed by atoms with E-state index in [0.717, 1.165) is 12.5 Å². The van der Waals surface area contributed by atoms with Gasteiger partial charge in [-0.05, 0) is 35.6 Å². The molecule has 1 fully saturated rings. The van der Waals surface area contributed by atoms with E-state index >= 15 is 0 Å². The summed E-state index contributed by atoms with van der Waals surface area (Å²) in [4.78, 5) is 0. The molecule has 1 saturated carbocycles. The van der Waals surface area contributed by atoms with Crippen molar-refractivity contribution in [1.82, 2.24) is 5.32 Å². The molecule has 0 aromatic heterocycles. The van der Waals surface area contributed by atoms with Gasteiger partial charge < -0.3 is 5.32 Å². The fourth-order valence-electron chi connectivity index (χ4n) is 2.92. The average molecular weight is 324 g/mol. The normalized spacial score (nSPS) is 19.1. The molecule has 0 aromatic rings. The number of nitrogens with one attached hydrogen (secondary N) is 1. The van der Waals surface area contributed by atoms with Gasteiger partial charge in [0.2, 0.25) is 0 Å². The third-order valence-electron chi connectivity index (χ3n) is 4.23. The molecule has 0 saturated heterocycles. The molecular formula is C14H29NO3S2. The van der Waals surface area contributed by atoms with Crippen LogP contribution in [-0.2, 0) is 9.15 Å². The van der Waals surface area contributed by atoms with E-state index in [2.05, 4.69) is 12.2 Å². The summed E-state index contributed by atoms with van der Waals surface area (Å²) in [6, 6.07) is 0. The monoisotopic (exact) mass is 323 g/mol. The summed E-state index contributed by atoms with van der Waals surface area (Å²) < 4.78 is 29.7. The Morgan fingerprint density at radius 3 is 2.60 bits per heavy atom. The zero-order valence-electron chi connectivity index (χ0n) is 12.5. The largest absolute Gasteiger partial charge is 0.319 e. The molecule has 0 bridgehead atoms. The zero-order valence-corrected chi connectivity index (χ0v) is 14.1. The molecule has 0 heterocycles. The van der Waals surface area contributed by atoms with Crippen LogP contribution in [0.4, 0.5) is 0 Å². The Kier molecular flexibility index (Phi) is 9.16. The van der Waals surface area contributed by atoms with Crippen molar-refractivity contribution in [3.63, 3.8) is 0 Å². The second-order valence-corrected chi connectivity index (χ2v) is 9.28. The molecule has 1 atom stereocenters.